The maximum absolute atomic E-state index is 9.83. The van der Waals surface area contributed by atoms with Crippen LogP contribution in [0.4, 0.5) is 0 Å². The molecule has 3 aromatic heterocycles. The Balaban J connectivity index is 1.87. The second-order valence-corrected chi connectivity index (χ2v) is 6.07. The molecule has 0 aliphatic heterocycles. The summed E-state index contributed by atoms with van der Waals surface area (Å²) < 4.78 is 6.21. The summed E-state index contributed by atoms with van der Waals surface area (Å²) in [7, 11) is 0. The zero-order valence-corrected chi connectivity index (χ0v) is 14.5. The molecule has 5 nitrogen and oxygen atoms in total. The van der Waals surface area contributed by atoms with Gasteiger partial charge in [-0.2, -0.15) is 0 Å². The topological polar surface area (TPSA) is 68.1 Å². The highest BCUT2D eigenvalue weighted by Crippen LogP contribution is 2.36. The molecule has 5 heteroatoms. The summed E-state index contributed by atoms with van der Waals surface area (Å²) in [6.45, 7) is 3.96. The van der Waals surface area contributed by atoms with Crippen molar-refractivity contribution in [2.45, 2.75) is 13.8 Å². The van der Waals surface area contributed by atoms with Crippen molar-refractivity contribution in [1.29, 1.82) is 0 Å². The van der Waals surface area contributed by atoms with Crippen LogP contribution in [0.1, 0.15) is 11.3 Å². The van der Waals surface area contributed by atoms with E-state index in [0.717, 1.165) is 27.9 Å². The fraction of sp³-hybridized carbons (Fsp3) is 0.0952. The predicted octanol–water partition coefficient (Wildman–Crippen LogP) is 4.81. The minimum Gasteiger partial charge on any atom is -0.508 e. The van der Waals surface area contributed by atoms with E-state index >= 15 is 0 Å². The van der Waals surface area contributed by atoms with E-state index in [0.29, 0.717) is 17.2 Å². The summed E-state index contributed by atoms with van der Waals surface area (Å²) in [5, 5.41) is 10.6. The number of aryl methyl sites for hydroxylation is 2. The Labute approximate surface area is 151 Å². The maximum atomic E-state index is 9.83. The zero-order valence-electron chi connectivity index (χ0n) is 14.5. The molecule has 0 radical (unpaired) electrons. The van der Waals surface area contributed by atoms with Gasteiger partial charge in [-0.3, -0.25) is 9.97 Å². The Morgan fingerprint density at radius 2 is 1.77 bits per heavy atom. The molecule has 0 saturated carbocycles. The van der Waals surface area contributed by atoms with Gasteiger partial charge in [0, 0.05) is 23.5 Å². The zero-order chi connectivity index (χ0) is 18.1. The second kappa shape index (κ2) is 6.44. The van der Waals surface area contributed by atoms with Crippen LogP contribution >= 0.6 is 0 Å². The van der Waals surface area contributed by atoms with Crippen LogP contribution in [0.3, 0.4) is 0 Å². The van der Waals surface area contributed by atoms with Gasteiger partial charge in [-0.1, -0.05) is 6.07 Å². The Bertz CT molecular complexity index is 1100. The lowest BCUT2D eigenvalue weighted by Gasteiger charge is -2.14. The van der Waals surface area contributed by atoms with E-state index in [1.807, 2.05) is 38.1 Å². The van der Waals surface area contributed by atoms with Crippen LogP contribution in [0, 0.1) is 13.8 Å². The second-order valence-electron chi connectivity index (χ2n) is 6.07. The first-order chi connectivity index (χ1) is 12.6. The summed E-state index contributed by atoms with van der Waals surface area (Å²) in [6, 6.07) is 14.4. The van der Waals surface area contributed by atoms with E-state index in [9.17, 15) is 5.11 Å². The fourth-order valence-electron chi connectivity index (χ4n) is 2.76. The number of fused-ring (bicyclic) bond motifs is 1. The van der Waals surface area contributed by atoms with Crippen molar-refractivity contribution in [1.82, 2.24) is 15.0 Å². The summed E-state index contributed by atoms with van der Waals surface area (Å²) in [6.07, 6.45) is 3.42. The summed E-state index contributed by atoms with van der Waals surface area (Å²) in [5.74, 6) is 1.38. The number of phenolic OH excluding ortho intramolecular Hbond substituents is 1. The molecule has 26 heavy (non-hydrogen) atoms. The molecule has 1 N–H and O–H groups in total. The average Bonchev–Trinajstić information content (AvgIpc) is 2.65. The lowest BCUT2D eigenvalue weighted by atomic mass is 10.1. The molecule has 0 bridgehead atoms. The highest BCUT2D eigenvalue weighted by Gasteiger charge is 2.14. The van der Waals surface area contributed by atoms with Crippen LogP contribution < -0.4 is 4.74 Å². The van der Waals surface area contributed by atoms with E-state index in [-0.39, 0.29) is 5.75 Å². The lowest BCUT2D eigenvalue weighted by Crippen LogP contribution is -1.98. The fourth-order valence-corrected chi connectivity index (χ4v) is 2.76. The van der Waals surface area contributed by atoms with Crippen LogP contribution in [-0.2, 0) is 0 Å². The molecule has 0 saturated heterocycles. The number of ether oxygens (including phenoxy) is 1. The molecule has 0 spiro atoms. The van der Waals surface area contributed by atoms with Crippen molar-refractivity contribution < 1.29 is 9.84 Å². The summed E-state index contributed by atoms with van der Waals surface area (Å²) >= 11 is 0. The molecule has 3 heterocycles. The number of rotatable bonds is 3. The van der Waals surface area contributed by atoms with E-state index in [4.69, 9.17) is 4.74 Å². The van der Waals surface area contributed by atoms with Crippen molar-refractivity contribution in [2.75, 3.05) is 0 Å². The normalized spacial score (nSPS) is 10.8. The first-order valence-corrected chi connectivity index (χ1v) is 8.27. The number of nitrogens with zero attached hydrogens (tertiary/aromatic N) is 3. The van der Waals surface area contributed by atoms with Gasteiger partial charge in [0.2, 0.25) is 0 Å². The largest absolute Gasteiger partial charge is 0.508 e. The smallest absolute Gasteiger partial charge is 0.155 e. The van der Waals surface area contributed by atoms with E-state index in [2.05, 4.69) is 15.0 Å². The van der Waals surface area contributed by atoms with Gasteiger partial charge in [-0.25, -0.2) is 4.98 Å². The SMILES string of the molecule is Cc1cc(Oc2ccnc3ccc(O)cc23)c(-c2ccccn2)nc1C. The third-order valence-electron chi connectivity index (χ3n) is 4.24. The molecule has 0 fully saturated rings. The highest BCUT2D eigenvalue weighted by molar-refractivity contribution is 5.86. The molecule has 128 valence electrons. The molecule has 4 aromatic rings. The van der Waals surface area contributed by atoms with Gasteiger partial charge < -0.3 is 9.84 Å². The van der Waals surface area contributed by atoms with Gasteiger partial charge >= 0.3 is 0 Å². The van der Waals surface area contributed by atoms with Gasteiger partial charge in [0.15, 0.2) is 5.75 Å². The third kappa shape index (κ3) is 2.95. The first kappa shape index (κ1) is 16.0. The number of hydrogen-bond donors (Lipinski definition) is 1. The number of phenols is 1. The van der Waals surface area contributed by atoms with Gasteiger partial charge in [-0.15, -0.1) is 0 Å². The minimum absolute atomic E-state index is 0.165. The quantitative estimate of drug-likeness (QED) is 0.578. The number of pyridine rings is 3. The Morgan fingerprint density at radius 3 is 2.58 bits per heavy atom. The van der Waals surface area contributed by atoms with Crippen molar-refractivity contribution in [2.24, 2.45) is 0 Å². The number of hydrogen-bond acceptors (Lipinski definition) is 5. The van der Waals surface area contributed by atoms with Crippen molar-refractivity contribution >= 4 is 10.9 Å². The van der Waals surface area contributed by atoms with E-state index in [1.54, 1.807) is 36.7 Å². The third-order valence-corrected chi connectivity index (χ3v) is 4.24. The summed E-state index contributed by atoms with van der Waals surface area (Å²) in [5.41, 5.74) is 4.12. The number of aromatic hydroxyl groups is 1. The minimum atomic E-state index is 0.165. The highest BCUT2D eigenvalue weighted by atomic mass is 16.5. The van der Waals surface area contributed by atoms with Gasteiger partial charge in [0.1, 0.15) is 17.2 Å². The number of aromatic nitrogens is 3. The summed E-state index contributed by atoms with van der Waals surface area (Å²) in [4.78, 5) is 13.4. The molecular weight excluding hydrogens is 326 g/mol. The molecule has 1 aromatic carbocycles. The monoisotopic (exact) mass is 343 g/mol. The maximum Gasteiger partial charge on any atom is 0.155 e. The lowest BCUT2D eigenvalue weighted by molar-refractivity contribution is 0.473. The van der Waals surface area contributed by atoms with Crippen LogP contribution in [0.2, 0.25) is 0 Å². The Hall–Kier alpha value is -3.47. The molecule has 0 amide bonds. The van der Waals surface area contributed by atoms with Crippen LogP contribution in [0.15, 0.2) is 60.9 Å². The Morgan fingerprint density at radius 1 is 0.885 bits per heavy atom. The van der Waals surface area contributed by atoms with Crippen LogP contribution in [-0.4, -0.2) is 20.1 Å². The average molecular weight is 343 g/mol. The van der Waals surface area contributed by atoms with Crippen LogP contribution in [0.5, 0.6) is 17.2 Å². The molecule has 4 rings (SSSR count). The Kier molecular flexibility index (Phi) is 3.97. The standard InChI is InChI=1S/C21H17N3O2/c1-13-11-20(21(24-14(13)2)18-5-3-4-9-22-18)26-19-8-10-23-17-7-6-15(25)12-16(17)19/h3-12,25H,1-2H3. The van der Waals surface area contributed by atoms with Gasteiger partial charge in [0.25, 0.3) is 0 Å². The predicted molar refractivity (Wildman–Crippen MR) is 100 cm³/mol. The number of benzene rings is 1. The molecule has 0 aliphatic carbocycles. The van der Waals surface area contributed by atoms with Crippen molar-refractivity contribution in [3.63, 3.8) is 0 Å². The van der Waals surface area contributed by atoms with Crippen LogP contribution in [0.25, 0.3) is 22.3 Å². The van der Waals surface area contributed by atoms with Gasteiger partial charge in [-0.05, 0) is 61.9 Å². The molecular formula is C21H17N3O2. The van der Waals surface area contributed by atoms with Crippen molar-refractivity contribution in [3.8, 4) is 28.6 Å². The first-order valence-electron chi connectivity index (χ1n) is 8.27. The van der Waals surface area contributed by atoms with Gasteiger partial charge in [0.05, 0.1) is 11.2 Å². The van der Waals surface area contributed by atoms with E-state index < -0.39 is 0 Å². The molecule has 0 atom stereocenters. The molecule has 0 unspecified atom stereocenters. The molecule has 0 aliphatic rings. The van der Waals surface area contributed by atoms with E-state index in [1.165, 1.54) is 0 Å². The van der Waals surface area contributed by atoms with Crippen molar-refractivity contribution in [3.05, 3.63) is 72.2 Å².